The fraction of sp³-hybridized carbons (Fsp3) is 0.688. The molecule has 0 unspecified atom stereocenters. The van der Waals surface area contributed by atoms with Crippen LogP contribution >= 0.6 is 11.6 Å². The van der Waals surface area contributed by atoms with Gasteiger partial charge in [-0.3, -0.25) is 4.98 Å². The van der Waals surface area contributed by atoms with Gasteiger partial charge >= 0.3 is 0 Å². The second kappa shape index (κ2) is 6.48. The third-order valence-corrected chi connectivity index (χ3v) is 8.06. The van der Waals surface area contributed by atoms with Crippen LogP contribution in [0.2, 0.25) is 30.2 Å². The van der Waals surface area contributed by atoms with E-state index in [1.807, 2.05) is 12.3 Å². The van der Waals surface area contributed by atoms with Gasteiger partial charge in [-0.05, 0) is 30.9 Å². The highest BCUT2D eigenvalue weighted by molar-refractivity contribution is 6.77. The summed E-state index contributed by atoms with van der Waals surface area (Å²) in [6.45, 7) is 9.59. The number of hydrogen-bond acceptors (Lipinski definition) is 2. The number of pyridine rings is 1. The molecule has 0 aromatic carbocycles. The van der Waals surface area contributed by atoms with Crippen LogP contribution < -0.4 is 5.32 Å². The van der Waals surface area contributed by atoms with Crippen molar-refractivity contribution in [3.05, 3.63) is 23.0 Å². The Morgan fingerprint density at radius 2 is 1.90 bits per heavy atom. The molecule has 1 heterocycles. The number of halogens is 1. The van der Waals surface area contributed by atoms with Crippen LogP contribution in [-0.4, -0.2) is 19.1 Å². The number of aryl methyl sites for hydroxylation is 1. The number of rotatable bonds is 4. The van der Waals surface area contributed by atoms with Crippen LogP contribution in [0.1, 0.15) is 38.3 Å². The molecule has 0 bridgehead atoms. The SMILES string of the molecule is CCc1nccc(N[C@H]2CC[C@@H]([Si](C)(C)C)CC2)c1Cl. The van der Waals surface area contributed by atoms with Crippen molar-refractivity contribution in [3.8, 4) is 0 Å². The standard InChI is InChI=1S/C16H27ClN2Si/c1-5-14-16(17)15(10-11-18-14)19-12-6-8-13(9-7-12)20(2,3)4/h10-13H,5-9H2,1-4H3,(H,18,19)/t12-,13+. The molecule has 1 fully saturated rings. The summed E-state index contributed by atoms with van der Waals surface area (Å²) in [6.07, 6.45) is 8.04. The average molecular weight is 311 g/mol. The predicted molar refractivity (Wildman–Crippen MR) is 91.6 cm³/mol. The van der Waals surface area contributed by atoms with Crippen LogP contribution in [0.3, 0.4) is 0 Å². The lowest BCUT2D eigenvalue weighted by molar-refractivity contribution is 0.454. The lowest BCUT2D eigenvalue weighted by atomic mass is 9.94. The number of nitrogens with zero attached hydrogens (tertiary/aromatic N) is 1. The number of aromatic nitrogens is 1. The fourth-order valence-electron chi connectivity index (χ4n) is 3.17. The zero-order valence-electron chi connectivity index (χ0n) is 13.2. The topological polar surface area (TPSA) is 24.9 Å². The van der Waals surface area contributed by atoms with Gasteiger partial charge in [0, 0.05) is 20.3 Å². The minimum Gasteiger partial charge on any atom is -0.381 e. The van der Waals surface area contributed by atoms with E-state index in [1.54, 1.807) is 0 Å². The van der Waals surface area contributed by atoms with Crippen molar-refractivity contribution in [2.24, 2.45) is 0 Å². The fourth-order valence-corrected chi connectivity index (χ4v) is 5.53. The van der Waals surface area contributed by atoms with Gasteiger partial charge in [-0.1, -0.05) is 51.0 Å². The summed E-state index contributed by atoms with van der Waals surface area (Å²) in [6, 6.07) is 2.58. The molecule has 20 heavy (non-hydrogen) atoms. The first-order chi connectivity index (χ1) is 9.41. The highest BCUT2D eigenvalue weighted by atomic mass is 35.5. The summed E-state index contributed by atoms with van der Waals surface area (Å²) in [5, 5.41) is 4.45. The van der Waals surface area contributed by atoms with Crippen molar-refractivity contribution >= 4 is 25.4 Å². The van der Waals surface area contributed by atoms with Crippen LogP contribution in [0.5, 0.6) is 0 Å². The Kier molecular flexibility index (Phi) is 5.13. The maximum atomic E-state index is 6.41. The molecule has 0 atom stereocenters. The van der Waals surface area contributed by atoms with Gasteiger partial charge in [-0.2, -0.15) is 0 Å². The van der Waals surface area contributed by atoms with Crippen LogP contribution in [0.25, 0.3) is 0 Å². The molecule has 0 aliphatic heterocycles. The number of anilines is 1. The summed E-state index contributed by atoms with van der Waals surface area (Å²) in [4.78, 5) is 4.33. The summed E-state index contributed by atoms with van der Waals surface area (Å²) < 4.78 is 0. The van der Waals surface area contributed by atoms with Crippen molar-refractivity contribution in [2.45, 2.75) is 70.3 Å². The van der Waals surface area contributed by atoms with E-state index in [-0.39, 0.29) is 0 Å². The minimum atomic E-state index is -0.967. The molecule has 2 rings (SSSR count). The van der Waals surface area contributed by atoms with E-state index in [2.05, 4.69) is 36.9 Å². The zero-order valence-corrected chi connectivity index (χ0v) is 14.9. The maximum absolute atomic E-state index is 6.41. The Morgan fingerprint density at radius 1 is 1.25 bits per heavy atom. The first-order valence-electron chi connectivity index (χ1n) is 7.81. The van der Waals surface area contributed by atoms with Crippen LogP contribution in [0, 0.1) is 0 Å². The van der Waals surface area contributed by atoms with Gasteiger partial charge in [-0.15, -0.1) is 0 Å². The molecule has 112 valence electrons. The van der Waals surface area contributed by atoms with Crippen molar-refractivity contribution in [3.63, 3.8) is 0 Å². The molecule has 0 amide bonds. The molecular formula is C16H27ClN2Si. The van der Waals surface area contributed by atoms with E-state index in [4.69, 9.17) is 11.6 Å². The summed E-state index contributed by atoms with van der Waals surface area (Å²) >= 11 is 6.41. The van der Waals surface area contributed by atoms with Crippen LogP contribution in [0.15, 0.2) is 12.3 Å². The second-order valence-corrected chi connectivity index (χ2v) is 13.0. The molecule has 2 nitrogen and oxygen atoms in total. The molecular weight excluding hydrogens is 284 g/mol. The molecule has 1 aliphatic carbocycles. The minimum absolute atomic E-state index is 0.576. The van der Waals surface area contributed by atoms with Crippen LogP contribution in [-0.2, 0) is 6.42 Å². The molecule has 1 aliphatic rings. The monoisotopic (exact) mass is 310 g/mol. The van der Waals surface area contributed by atoms with Gasteiger partial charge in [0.2, 0.25) is 0 Å². The smallest absolute Gasteiger partial charge is 0.0852 e. The Hall–Kier alpha value is -0.543. The Balaban J connectivity index is 1.96. The van der Waals surface area contributed by atoms with Crippen LogP contribution in [0.4, 0.5) is 5.69 Å². The zero-order chi connectivity index (χ0) is 14.8. The molecule has 1 N–H and O–H groups in total. The molecule has 1 saturated carbocycles. The molecule has 1 aromatic heterocycles. The lowest BCUT2D eigenvalue weighted by Gasteiger charge is -2.36. The summed E-state index contributed by atoms with van der Waals surface area (Å²) in [5.74, 6) is 0. The van der Waals surface area contributed by atoms with Crippen molar-refractivity contribution < 1.29 is 0 Å². The second-order valence-electron chi connectivity index (χ2n) is 7.03. The molecule has 1 aromatic rings. The molecule has 0 spiro atoms. The van der Waals surface area contributed by atoms with Gasteiger partial charge in [-0.25, -0.2) is 0 Å². The van der Waals surface area contributed by atoms with E-state index in [1.165, 1.54) is 25.7 Å². The predicted octanol–water partition coefficient (Wildman–Crippen LogP) is 5.36. The summed E-state index contributed by atoms with van der Waals surface area (Å²) in [5.41, 5.74) is 3.04. The molecule has 4 heteroatoms. The first kappa shape index (κ1) is 15.8. The van der Waals surface area contributed by atoms with Gasteiger partial charge in [0.05, 0.1) is 16.4 Å². The van der Waals surface area contributed by atoms with E-state index < -0.39 is 8.07 Å². The summed E-state index contributed by atoms with van der Waals surface area (Å²) in [7, 11) is -0.967. The highest BCUT2D eigenvalue weighted by Gasteiger charge is 2.31. The Morgan fingerprint density at radius 3 is 2.45 bits per heavy atom. The van der Waals surface area contributed by atoms with E-state index in [0.717, 1.165) is 28.4 Å². The average Bonchev–Trinajstić information content (AvgIpc) is 2.41. The van der Waals surface area contributed by atoms with Gasteiger partial charge < -0.3 is 5.32 Å². The lowest BCUT2D eigenvalue weighted by Crippen LogP contribution is -2.34. The third-order valence-electron chi connectivity index (χ3n) is 4.61. The molecule has 0 radical (unpaired) electrons. The van der Waals surface area contributed by atoms with Gasteiger partial charge in [0.25, 0.3) is 0 Å². The maximum Gasteiger partial charge on any atom is 0.0852 e. The number of nitrogens with one attached hydrogen (secondary N) is 1. The van der Waals surface area contributed by atoms with Gasteiger partial charge in [0.15, 0.2) is 0 Å². The highest BCUT2D eigenvalue weighted by Crippen LogP contribution is 2.38. The largest absolute Gasteiger partial charge is 0.381 e. The van der Waals surface area contributed by atoms with Gasteiger partial charge in [0.1, 0.15) is 0 Å². The third kappa shape index (κ3) is 3.76. The van der Waals surface area contributed by atoms with Crippen molar-refractivity contribution in [2.75, 3.05) is 5.32 Å². The van der Waals surface area contributed by atoms with E-state index >= 15 is 0 Å². The van der Waals surface area contributed by atoms with Crippen molar-refractivity contribution in [1.82, 2.24) is 4.98 Å². The first-order valence-corrected chi connectivity index (χ1v) is 11.8. The Bertz CT molecular complexity index is 448. The normalized spacial score (nSPS) is 23.6. The quantitative estimate of drug-likeness (QED) is 0.757. The number of hydrogen-bond donors (Lipinski definition) is 1. The van der Waals surface area contributed by atoms with E-state index in [0.29, 0.717) is 6.04 Å². The van der Waals surface area contributed by atoms with E-state index in [9.17, 15) is 0 Å². The van der Waals surface area contributed by atoms with Crippen molar-refractivity contribution in [1.29, 1.82) is 0 Å². The Labute approximate surface area is 129 Å². The molecule has 0 saturated heterocycles.